The van der Waals surface area contributed by atoms with E-state index in [1.165, 1.54) is 98.6 Å². The summed E-state index contributed by atoms with van der Waals surface area (Å²) in [6.45, 7) is 0. The van der Waals surface area contributed by atoms with Crippen LogP contribution in [0.2, 0.25) is 0 Å². The third-order valence-corrected chi connectivity index (χ3v) is 14.9. The highest BCUT2D eigenvalue weighted by Crippen LogP contribution is 2.47. The van der Waals surface area contributed by atoms with Gasteiger partial charge >= 0.3 is 0 Å². The number of aromatic nitrogens is 1. The van der Waals surface area contributed by atoms with Crippen LogP contribution in [-0.2, 0) is 0 Å². The Labute approximate surface area is 430 Å². The molecule has 2 nitrogen and oxygen atoms in total. The van der Waals surface area contributed by atoms with Crippen LogP contribution in [0.15, 0.2) is 291 Å². The summed E-state index contributed by atoms with van der Waals surface area (Å²) in [5.41, 5.74) is 18.7. The second-order valence-electron chi connectivity index (χ2n) is 19.2. The van der Waals surface area contributed by atoms with E-state index in [0.717, 1.165) is 33.9 Å². The Hall–Kier alpha value is -9.76. The number of anilines is 3. The molecule has 0 amide bonds. The van der Waals surface area contributed by atoms with E-state index >= 15 is 0 Å². The van der Waals surface area contributed by atoms with Gasteiger partial charge in [0.25, 0.3) is 0 Å². The van der Waals surface area contributed by atoms with Crippen molar-refractivity contribution in [1.82, 2.24) is 4.57 Å². The van der Waals surface area contributed by atoms with Crippen molar-refractivity contribution >= 4 is 71.2 Å². The Balaban J connectivity index is 0.940. The summed E-state index contributed by atoms with van der Waals surface area (Å²) in [6, 6.07) is 107. The molecule has 0 fully saturated rings. The first-order chi connectivity index (χ1) is 36.7. The molecule has 0 radical (unpaired) electrons. The first kappa shape index (κ1) is 43.1. The van der Waals surface area contributed by atoms with Crippen molar-refractivity contribution < 1.29 is 0 Å². The van der Waals surface area contributed by atoms with Crippen molar-refractivity contribution in [3.05, 3.63) is 291 Å². The number of benzene rings is 13. The van der Waals surface area contributed by atoms with Crippen molar-refractivity contribution in [2.24, 2.45) is 0 Å². The molecule has 0 saturated heterocycles. The van der Waals surface area contributed by atoms with Crippen LogP contribution in [-0.4, -0.2) is 4.57 Å². The normalized spacial score (nSPS) is 11.5. The third kappa shape index (κ3) is 7.35. The molecule has 0 N–H and O–H groups in total. The Bertz CT molecular complexity index is 4400. The van der Waals surface area contributed by atoms with Crippen LogP contribution >= 0.6 is 0 Å². The Morgan fingerprint density at radius 2 is 0.730 bits per heavy atom. The first-order valence-corrected chi connectivity index (χ1v) is 25.5. The van der Waals surface area contributed by atoms with Crippen LogP contribution in [0.1, 0.15) is 0 Å². The molecule has 1 heterocycles. The van der Waals surface area contributed by atoms with Crippen LogP contribution in [0.4, 0.5) is 17.1 Å². The van der Waals surface area contributed by atoms with Gasteiger partial charge in [-0.15, -0.1) is 0 Å². The molecule has 2 heteroatoms. The number of nitrogens with zero attached hydrogens (tertiary/aromatic N) is 2. The molecule has 0 saturated carbocycles. The molecule has 13 aromatic carbocycles. The van der Waals surface area contributed by atoms with E-state index in [2.05, 4.69) is 301 Å². The zero-order valence-corrected chi connectivity index (χ0v) is 40.6. The van der Waals surface area contributed by atoms with E-state index in [9.17, 15) is 0 Å². The van der Waals surface area contributed by atoms with Gasteiger partial charge in [0.1, 0.15) is 0 Å². The van der Waals surface area contributed by atoms with Gasteiger partial charge in [-0.05, 0) is 143 Å². The molecule has 0 aliphatic carbocycles. The van der Waals surface area contributed by atoms with Gasteiger partial charge in [-0.25, -0.2) is 0 Å². The fraction of sp³-hybridized carbons (Fsp3) is 0. The molecule has 0 atom stereocenters. The Morgan fingerprint density at radius 1 is 0.243 bits per heavy atom. The van der Waals surface area contributed by atoms with Gasteiger partial charge in [0, 0.05) is 39.1 Å². The first-order valence-electron chi connectivity index (χ1n) is 25.5. The molecule has 0 bridgehead atoms. The lowest BCUT2D eigenvalue weighted by atomic mass is 9.84. The summed E-state index contributed by atoms with van der Waals surface area (Å²) in [5, 5.41) is 9.93. The quantitative estimate of drug-likeness (QED) is 0.131. The summed E-state index contributed by atoms with van der Waals surface area (Å²) in [7, 11) is 0. The number of rotatable bonds is 9. The van der Waals surface area contributed by atoms with Crippen LogP contribution in [0.5, 0.6) is 0 Å². The van der Waals surface area contributed by atoms with Gasteiger partial charge in [-0.1, -0.05) is 231 Å². The Morgan fingerprint density at radius 3 is 1.45 bits per heavy atom. The molecular weight excluding hydrogens is 893 g/mol. The van der Waals surface area contributed by atoms with Gasteiger partial charge in [0.05, 0.1) is 11.0 Å². The van der Waals surface area contributed by atoms with Crippen molar-refractivity contribution in [2.45, 2.75) is 0 Å². The smallest absolute Gasteiger partial charge is 0.0619 e. The Kier molecular flexibility index (Phi) is 10.6. The van der Waals surface area contributed by atoms with Gasteiger partial charge in [-0.2, -0.15) is 0 Å². The monoisotopic (exact) mass is 940 g/mol. The number of hydrogen-bond acceptors (Lipinski definition) is 1. The average molecular weight is 941 g/mol. The average Bonchev–Trinajstić information content (AvgIpc) is 3.82. The molecule has 0 unspecified atom stereocenters. The van der Waals surface area contributed by atoms with Crippen LogP contribution < -0.4 is 4.90 Å². The van der Waals surface area contributed by atoms with Crippen LogP contribution in [0, 0.1) is 0 Å². The minimum atomic E-state index is 1.07. The molecule has 1 aromatic heterocycles. The molecule has 0 spiro atoms. The maximum absolute atomic E-state index is 2.43. The van der Waals surface area contributed by atoms with Gasteiger partial charge < -0.3 is 9.47 Å². The SMILES string of the molecule is c1ccc(-c2c(-c3ccccc3)c3cc(-c4ccc(N(c5cccc(-c6cccc7ccccc67)c5)c5cccc(-c6cccc7c8ccccc8n(-c8ccccc8)c67)c5)cc4)ccc3c3ccccc23)cc1. The zero-order valence-electron chi connectivity index (χ0n) is 40.6. The number of hydrogen-bond donors (Lipinski definition) is 0. The fourth-order valence-electron chi connectivity index (χ4n) is 11.6. The lowest BCUT2D eigenvalue weighted by Crippen LogP contribution is -2.10. The topological polar surface area (TPSA) is 8.17 Å². The third-order valence-electron chi connectivity index (χ3n) is 14.9. The van der Waals surface area contributed by atoms with Crippen molar-refractivity contribution in [1.29, 1.82) is 0 Å². The predicted octanol–water partition coefficient (Wildman–Crippen LogP) is 20.0. The highest BCUT2D eigenvalue weighted by Gasteiger charge is 2.21. The molecule has 0 aliphatic heterocycles. The molecular formula is C72H48N2. The van der Waals surface area contributed by atoms with E-state index in [-0.39, 0.29) is 0 Å². The lowest BCUT2D eigenvalue weighted by molar-refractivity contribution is 1.18. The second kappa shape index (κ2) is 18.1. The standard InChI is InChI=1S/C72H48N2/c1-4-21-51(22-5-1)70-66-35-13-12-33-63(66)64-45-42-53(48-68(64)71(70)52-23-6-2-7-24-52)49-40-43-57(44-41-49)73(58-30-16-26-54(46-58)61-36-18-25-50-20-10-11-32-60(50)61)59-31-17-27-55(47-59)62-37-19-38-67-65-34-14-15-39-69(65)74(72(62)67)56-28-8-3-9-29-56/h1-48H. The van der Waals surface area contributed by atoms with Crippen LogP contribution in [0.3, 0.4) is 0 Å². The summed E-state index contributed by atoms with van der Waals surface area (Å²) in [6.07, 6.45) is 0. The maximum atomic E-state index is 2.43. The van der Waals surface area contributed by atoms with Gasteiger partial charge in [0.2, 0.25) is 0 Å². The van der Waals surface area contributed by atoms with Gasteiger partial charge in [-0.3, -0.25) is 0 Å². The number of para-hydroxylation sites is 3. The minimum Gasteiger partial charge on any atom is -0.310 e. The largest absolute Gasteiger partial charge is 0.310 e. The predicted molar refractivity (Wildman–Crippen MR) is 315 cm³/mol. The van der Waals surface area contributed by atoms with Crippen molar-refractivity contribution in [3.8, 4) is 61.3 Å². The van der Waals surface area contributed by atoms with E-state index in [0.29, 0.717) is 0 Å². The van der Waals surface area contributed by atoms with Crippen molar-refractivity contribution in [2.75, 3.05) is 4.90 Å². The zero-order chi connectivity index (χ0) is 49.0. The summed E-state index contributed by atoms with van der Waals surface area (Å²) < 4.78 is 2.43. The molecule has 346 valence electrons. The molecule has 14 aromatic rings. The fourth-order valence-corrected chi connectivity index (χ4v) is 11.6. The summed E-state index contributed by atoms with van der Waals surface area (Å²) >= 11 is 0. The maximum Gasteiger partial charge on any atom is 0.0619 e. The van der Waals surface area contributed by atoms with E-state index in [1.54, 1.807) is 0 Å². The highest BCUT2D eigenvalue weighted by atomic mass is 15.1. The molecule has 14 rings (SSSR count). The van der Waals surface area contributed by atoms with Gasteiger partial charge in [0.15, 0.2) is 0 Å². The van der Waals surface area contributed by atoms with E-state index in [1.807, 2.05) is 0 Å². The molecule has 74 heavy (non-hydrogen) atoms. The second-order valence-corrected chi connectivity index (χ2v) is 19.2. The highest BCUT2D eigenvalue weighted by molar-refractivity contribution is 6.22. The minimum absolute atomic E-state index is 1.07. The van der Waals surface area contributed by atoms with Crippen molar-refractivity contribution in [3.63, 3.8) is 0 Å². The summed E-state index contributed by atoms with van der Waals surface area (Å²) in [4.78, 5) is 2.42. The molecule has 0 aliphatic rings. The van der Waals surface area contributed by atoms with E-state index in [4.69, 9.17) is 0 Å². The number of fused-ring (bicyclic) bond motifs is 7. The van der Waals surface area contributed by atoms with E-state index < -0.39 is 0 Å². The summed E-state index contributed by atoms with van der Waals surface area (Å²) in [5.74, 6) is 0. The lowest BCUT2D eigenvalue weighted by Gasteiger charge is -2.27. The van der Waals surface area contributed by atoms with Crippen LogP contribution in [0.25, 0.3) is 115 Å².